The lowest BCUT2D eigenvalue weighted by Crippen LogP contribution is -2.27. The summed E-state index contributed by atoms with van der Waals surface area (Å²) in [5.74, 6) is 0.226. The van der Waals surface area contributed by atoms with Crippen LogP contribution < -0.4 is 10.9 Å². The van der Waals surface area contributed by atoms with Crippen molar-refractivity contribution in [3.8, 4) is 0 Å². The minimum absolute atomic E-state index is 0.0598. The van der Waals surface area contributed by atoms with Gasteiger partial charge in [-0.25, -0.2) is 0 Å². The average Bonchev–Trinajstić information content (AvgIpc) is 3.26. The van der Waals surface area contributed by atoms with Gasteiger partial charge in [-0.2, -0.15) is 0 Å². The standard InChI is InChI=1S/C16H18N2O2/c1-9-3-4-12-7-13(8-17-15(19)11-5-6-11)16(20)18-14(12)10(9)2/h3-4,7,11H,5-6,8H2,1-2H3,(H,17,19)(H,18,20). The summed E-state index contributed by atoms with van der Waals surface area (Å²) in [6.07, 6.45) is 1.94. The number of rotatable bonds is 3. The predicted molar refractivity (Wildman–Crippen MR) is 78.6 cm³/mol. The number of aromatic amines is 1. The number of carbonyl (C=O) groups is 1. The van der Waals surface area contributed by atoms with Crippen LogP contribution in [0.4, 0.5) is 0 Å². The molecule has 0 saturated heterocycles. The number of nitrogens with one attached hydrogen (secondary N) is 2. The maximum absolute atomic E-state index is 12.1. The number of benzene rings is 1. The highest BCUT2D eigenvalue weighted by atomic mass is 16.2. The number of amides is 1. The summed E-state index contributed by atoms with van der Waals surface area (Å²) >= 11 is 0. The van der Waals surface area contributed by atoms with Gasteiger partial charge in [-0.15, -0.1) is 0 Å². The molecule has 0 atom stereocenters. The Morgan fingerprint density at radius 1 is 1.35 bits per heavy atom. The lowest BCUT2D eigenvalue weighted by Gasteiger charge is -2.08. The summed E-state index contributed by atoms with van der Waals surface area (Å²) in [5.41, 5.74) is 3.61. The Labute approximate surface area is 117 Å². The number of fused-ring (bicyclic) bond motifs is 1. The molecule has 2 aromatic rings. The van der Waals surface area contributed by atoms with Crippen molar-refractivity contribution in [2.75, 3.05) is 0 Å². The number of pyridine rings is 1. The zero-order valence-electron chi connectivity index (χ0n) is 11.7. The van der Waals surface area contributed by atoms with Crippen LogP contribution in [0.25, 0.3) is 10.9 Å². The van der Waals surface area contributed by atoms with E-state index in [1.165, 1.54) is 0 Å². The van der Waals surface area contributed by atoms with Gasteiger partial charge in [0.15, 0.2) is 0 Å². The summed E-state index contributed by atoms with van der Waals surface area (Å²) in [4.78, 5) is 26.6. The van der Waals surface area contributed by atoms with E-state index in [1.54, 1.807) is 0 Å². The Hall–Kier alpha value is -2.10. The van der Waals surface area contributed by atoms with E-state index in [0.717, 1.165) is 34.9 Å². The highest BCUT2D eigenvalue weighted by Gasteiger charge is 2.29. The van der Waals surface area contributed by atoms with E-state index >= 15 is 0 Å². The van der Waals surface area contributed by atoms with Crippen LogP contribution >= 0.6 is 0 Å². The molecule has 1 aromatic carbocycles. The molecule has 1 amide bonds. The second kappa shape index (κ2) is 4.78. The first-order valence-electron chi connectivity index (χ1n) is 6.96. The van der Waals surface area contributed by atoms with E-state index in [-0.39, 0.29) is 17.4 Å². The van der Waals surface area contributed by atoms with Gasteiger partial charge < -0.3 is 10.3 Å². The van der Waals surface area contributed by atoms with Gasteiger partial charge in [0.1, 0.15) is 0 Å². The van der Waals surface area contributed by atoms with Gasteiger partial charge in [-0.05, 0) is 49.3 Å². The molecule has 0 bridgehead atoms. The van der Waals surface area contributed by atoms with E-state index in [0.29, 0.717) is 12.1 Å². The molecule has 0 spiro atoms. The van der Waals surface area contributed by atoms with Crippen LogP contribution in [0.15, 0.2) is 23.0 Å². The van der Waals surface area contributed by atoms with Crippen molar-refractivity contribution < 1.29 is 4.79 Å². The highest BCUT2D eigenvalue weighted by Crippen LogP contribution is 2.28. The summed E-state index contributed by atoms with van der Waals surface area (Å²) in [5, 5.41) is 3.84. The van der Waals surface area contributed by atoms with Gasteiger partial charge in [0.25, 0.3) is 5.56 Å². The second-order valence-corrected chi connectivity index (χ2v) is 5.59. The quantitative estimate of drug-likeness (QED) is 0.898. The third-order valence-corrected chi connectivity index (χ3v) is 4.03. The van der Waals surface area contributed by atoms with Gasteiger partial charge >= 0.3 is 0 Å². The van der Waals surface area contributed by atoms with E-state index in [9.17, 15) is 9.59 Å². The summed E-state index contributed by atoms with van der Waals surface area (Å²) in [6.45, 7) is 4.33. The fraction of sp³-hybridized carbons (Fsp3) is 0.375. The van der Waals surface area contributed by atoms with Crippen LogP contribution in [0.2, 0.25) is 0 Å². The monoisotopic (exact) mass is 270 g/mol. The minimum atomic E-state index is -0.123. The predicted octanol–water partition coefficient (Wildman–Crippen LogP) is 2.17. The van der Waals surface area contributed by atoms with E-state index < -0.39 is 0 Å². The molecule has 2 N–H and O–H groups in total. The molecule has 20 heavy (non-hydrogen) atoms. The summed E-state index contributed by atoms with van der Waals surface area (Å²) in [7, 11) is 0. The molecule has 0 radical (unpaired) electrons. The van der Waals surface area contributed by atoms with Crippen LogP contribution in [-0.4, -0.2) is 10.9 Å². The van der Waals surface area contributed by atoms with E-state index in [2.05, 4.69) is 10.3 Å². The number of aryl methyl sites for hydroxylation is 2. The Balaban J connectivity index is 1.91. The van der Waals surface area contributed by atoms with E-state index in [1.807, 2.05) is 32.0 Å². The zero-order valence-corrected chi connectivity index (χ0v) is 11.7. The summed E-state index contributed by atoms with van der Waals surface area (Å²) < 4.78 is 0. The Morgan fingerprint density at radius 3 is 2.80 bits per heavy atom. The van der Waals surface area contributed by atoms with Crippen LogP contribution in [0.1, 0.15) is 29.5 Å². The van der Waals surface area contributed by atoms with Gasteiger partial charge in [0.2, 0.25) is 5.91 Å². The first kappa shape index (κ1) is 12.9. The van der Waals surface area contributed by atoms with Crippen LogP contribution in [0.5, 0.6) is 0 Å². The molecule has 1 saturated carbocycles. The molecule has 104 valence electrons. The largest absolute Gasteiger partial charge is 0.352 e. The summed E-state index contributed by atoms with van der Waals surface area (Å²) in [6, 6.07) is 5.91. The van der Waals surface area contributed by atoms with Crippen LogP contribution in [0.3, 0.4) is 0 Å². The van der Waals surface area contributed by atoms with E-state index in [4.69, 9.17) is 0 Å². The van der Waals surface area contributed by atoms with Crippen molar-refractivity contribution in [3.05, 3.63) is 45.2 Å². The third kappa shape index (κ3) is 2.33. The van der Waals surface area contributed by atoms with Crippen molar-refractivity contribution in [1.82, 2.24) is 10.3 Å². The Bertz CT molecular complexity index is 742. The van der Waals surface area contributed by atoms with Crippen LogP contribution in [0, 0.1) is 19.8 Å². The van der Waals surface area contributed by atoms with Crippen molar-refractivity contribution in [2.24, 2.45) is 5.92 Å². The number of hydrogen-bond donors (Lipinski definition) is 2. The molecular weight excluding hydrogens is 252 g/mol. The number of carbonyl (C=O) groups excluding carboxylic acids is 1. The topological polar surface area (TPSA) is 62.0 Å². The highest BCUT2D eigenvalue weighted by molar-refractivity contribution is 5.83. The fourth-order valence-electron chi connectivity index (χ4n) is 2.37. The van der Waals surface area contributed by atoms with Gasteiger partial charge in [0, 0.05) is 18.0 Å². The molecular formula is C16H18N2O2. The first-order valence-corrected chi connectivity index (χ1v) is 6.96. The van der Waals surface area contributed by atoms with Gasteiger partial charge in [-0.3, -0.25) is 9.59 Å². The molecule has 1 heterocycles. The lowest BCUT2D eigenvalue weighted by molar-refractivity contribution is -0.122. The maximum atomic E-state index is 12.1. The molecule has 0 unspecified atom stereocenters. The number of H-pyrrole nitrogens is 1. The molecule has 1 aromatic heterocycles. The van der Waals surface area contributed by atoms with Gasteiger partial charge in [-0.1, -0.05) is 12.1 Å². The van der Waals surface area contributed by atoms with Gasteiger partial charge in [0.05, 0.1) is 5.52 Å². The third-order valence-electron chi connectivity index (χ3n) is 4.03. The molecule has 1 fully saturated rings. The zero-order chi connectivity index (χ0) is 14.3. The number of aromatic nitrogens is 1. The van der Waals surface area contributed by atoms with Crippen molar-refractivity contribution in [2.45, 2.75) is 33.2 Å². The number of hydrogen-bond acceptors (Lipinski definition) is 2. The lowest BCUT2D eigenvalue weighted by atomic mass is 10.0. The molecule has 3 rings (SSSR count). The smallest absolute Gasteiger partial charge is 0.253 e. The van der Waals surface area contributed by atoms with Crippen molar-refractivity contribution in [1.29, 1.82) is 0 Å². The van der Waals surface area contributed by atoms with Crippen molar-refractivity contribution in [3.63, 3.8) is 0 Å². The second-order valence-electron chi connectivity index (χ2n) is 5.59. The molecule has 1 aliphatic carbocycles. The van der Waals surface area contributed by atoms with Crippen molar-refractivity contribution >= 4 is 16.8 Å². The molecule has 1 aliphatic rings. The molecule has 4 nitrogen and oxygen atoms in total. The maximum Gasteiger partial charge on any atom is 0.253 e. The normalized spacial score (nSPS) is 14.5. The Morgan fingerprint density at radius 2 is 2.10 bits per heavy atom. The fourth-order valence-corrected chi connectivity index (χ4v) is 2.37. The SMILES string of the molecule is Cc1ccc2cc(CNC(=O)C3CC3)c(=O)[nH]c2c1C. The van der Waals surface area contributed by atoms with Crippen LogP contribution in [-0.2, 0) is 11.3 Å². The molecule has 0 aliphatic heterocycles. The minimum Gasteiger partial charge on any atom is -0.352 e. The average molecular weight is 270 g/mol. The first-order chi connectivity index (χ1) is 9.56. The molecule has 4 heteroatoms. The Kier molecular flexibility index (Phi) is 3.08.